The first kappa shape index (κ1) is 14.0. The number of aryl methyl sites for hydroxylation is 1. The van der Waals surface area contributed by atoms with Gasteiger partial charge in [-0.1, -0.05) is 24.6 Å². The van der Waals surface area contributed by atoms with E-state index in [1.807, 2.05) is 31.2 Å². The third kappa shape index (κ3) is 3.11. The molecule has 0 aliphatic rings. The SMILES string of the molecule is CCNC(c1coc(C)c1)c1ccc(OC)c(Cl)c1. The van der Waals surface area contributed by atoms with E-state index in [1.54, 1.807) is 13.4 Å². The van der Waals surface area contributed by atoms with Gasteiger partial charge in [-0.3, -0.25) is 0 Å². The second-order valence-electron chi connectivity index (χ2n) is 4.38. The first-order valence-electron chi connectivity index (χ1n) is 6.27. The monoisotopic (exact) mass is 279 g/mol. The van der Waals surface area contributed by atoms with Crippen LogP contribution in [-0.2, 0) is 0 Å². The molecule has 2 aromatic rings. The molecule has 1 N–H and O–H groups in total. The number of halogens is 1. The Bertz CT molecular complexity index is 551. The Morgan fingerprint density at radius 1 is 1.32 bits per heavy atom. The van der Waals surface area contributed by atoms with Crippen LogP contribution >= 0.6 is 11.6 Å². The van der Waals surface area contributed by atoms with Crippen molar-refractivity contribution in [2.75, 3.05) is 13.7 Å². The number of hydrogen-bond donors (Lipinski definition) is 1. The Morgan fingerprint density at radius 2 is 2.11 bits per heavy atom. The molecule has 0 radical (unpaired) electrons. The highest BCUT2D eigenvalue weighted by atomic mass is 35.5. The number of ether oxygens (including phenoxy) is 1. The molecule has 0 saturated carbocycles. The molecule has 0 bridgehead atoms. The number of nitrogens with one attached hydrogen (secondary N) is 1. The van der Waals surface area contributed by atoms with Crippen LogP contribution in [0.4, 0.5) is 0 Å². The van der Waals surface area contributed by atoms with Gasteiger partial charge in [-0.15, -0.1) is 0 Å². The minimum Gasteiger partial charge on any atom is -0.495 e. The highest BCUT2D eigenvalue weighted by molar-refractivity contribution is 6.32. The van der Waals surface area contributed by atoms with Gasteiger partial charge in [0.1, 0.15) is 11.5 Å². The lowest BCUT2D eigenvalue weighted by Crippen LogP contribution is -2.21. The van der Waals surface area contributed by atoms with Crippen LogP contribution in [-0.4, -0.2) is 13.7 Å². The summed E-state index contributed by atoms with van der Waals surface area (Å²) in [4.78, 5) is 0. The molecule has 1 aromatic heterocycles. The van der Waals surface area contributed by atoms with Crippen LogP contribution in [0.25, 0.3) is 0 Å². The Hall–Kier alpha value is -1.45. The lowest BCUT2D eigenvalue weighted by molar-refractivity contribution is 0.414. The fraction of sp³-hybridized carbons (Fsp3) is 0.333. The molecule has 3 nitrogen and oxygen atoms in total. The summed E-state index contributed by atoms with van der Waals surface area (Å²) in [7, 11) is 1.61. The lowest BCUT2D eigenvalue weighted by atomic mass is 10.0. The van der Waals surface area contributed by atoms with Crippen LogP contribution in [0.1, 0.15) is 29.9 Å². The van der Waals surface area contributed by atoms with Gasteiger partial charge in [-0.25, -0.2) is 0 Å². The summed E-state index contributed by atoms with van der Waals surface area (Å²) in [5.74, 6) is 1.58. The van der Waals surface area contributed by atoms with Gasteiger partial charge < -0.3 is 14.5 Å². The zero-order valence-corrected chi connectivity index (χ0v) is 12.1. The normalized spacial score (nSPS) is 12.4. The first-order valence-corrected chi connectivity index (χ1v) is 6.65. The fourth-order valence-corrected chi connectivity index (χ4v) is 2.38. The van der Waals surface area contributed by atoms with Crippen molar-refractivity contribution in [1.29, 1.82) is 0 Å². The van der Waals surface area contributed by atoms with E-state index >= 15 is 0 Å². The van der Waals surface area contributed by atoms with Gasteiger partial charge in [0, 0.05) is 5.56 Å². The maximum absolute atomic E-state index is 6.19. The molecule has 2 rings (SSSR count). The van der Waals surface area contributed by atoms with E-state index in [2.05, 4.69) is 12.2 Å². The number of hydrogen-bond acceptors (Lipinski definition) is 3. The van der Waals surface area contributed by atoms with E-state index in [1.165, 1.54) is 0 Å². The fourth-order valence-electron chi connectivity index (χ4n) is 2.11. The molecule has 102 valence electrons. The van der Waals surface area contributed by atoms with Crippen molar-refractivity contribution in [2.45, 2.75) is 19.9 Å². The second kappa shape index (κ2) is 6.13. The Balaban J connectivity index is 2.36. The summed E-state index contributed by atoms with van der Waals surface area (Å²) >= 11 is 6.19. The van der Waals surface area contributed by atoms with Crippen molar-refractivity contribution in [2.24, 2.45) is 0 Å². The molecule has 0 saturated heterocycles. The van der Waals surface area contributed by atoms with E-state index in [4.69, 9.17) is 20.8 Å². The molecule has 0 fully saturated rings. The molecule has 0 spiro atoms. The molecule has 4 heteroatoms. The van der Waals surface area contributed by atoms with Crippen LogP contribution < -0.4 is 10.1 Å². The first-order chi connectivity index (χ1) is 9.15. The van der Waals surface area contributed by atoms with Gasteiger partial charge in [0.15, 0.2) is 0 Å². The smallest absolute Gasteiger partial charge is 0.137 e. The highest BCUT2D eigenvalue weighted by Crippen LogP contribution is 2.30. The molecule has 1 atom stereocenters. The summed E-state index contributed by atoms with van der Waals surface area (Å²) in [6.45, 7) is 4.87. The third-order valence-electron chi connectivity index (χ3n) is 3.00. The molecule has 0 amide bonds. The van der Waals surface area contributed by atoms with Crippen LogP contribution in [0, 0.1) is 6.92 Å². The molecule has 1 unspecified atom stereocenters. The minimum absolute atomic E-state index is 0.0749. The van der Waals surface area contributed by atoms with Gasteiger partial charge in [-0.05, 0) is 37.2 Å². The molecule has 19 heavy (non-hydrogen) atoms. The largest absolute Gasteiger partial charge is 0.495 e. The molecule has 1 heterocycles. The summed E-state index contributed by atoms with van der Waals surface area (Å²) in [6.07, 6.45) is 1.78. The van der Waals surface area contributed by atoms with Crippen LogP contribution in [0.5, 0.6) is 5.75 Å². The van der Waals surface area contributed by atoms with Gasteiger partial charge in [0.2, 0.25) is 0 Å². The van der Waals surface area contributed by atoms with Crippen molar-refractivity contribution >= 4 is 11.6 Å². The van der Waals surface area contributed by atoms with Crippen LogP contribution in [0.2, 0.25) is 5.02 Å². The molecular weight excluding hydrogens is 262 g/mol. The third-order valence-corrected chi connectivity index (χ3v) is 3.30. The summed E-state index contributed by atoms with van der Waals surface area (Å²) in [5, 5.41) is 4.05. The van der Waals surface area contributed by atoms with Gasteiger partial charge >= 0.3 is 0 Å². The quantitative estimate of drug-likeness (QED) is 0.900. The van der Waals surface area contributed by atoms with Crippen molar-refractivity contribution in [3.8, 4) is 5.75 Å². The Labute approximate surface area is 118 Å². The highest BCUT2D eigenvalue weighted by Gasteiger charge is 2.16. The Kier molecular flexibility index (Phi) is 4.51. The maximum atomic E-state index is 6.19. The predicted octanol–water partition coefficient (Wildman–Crippen LogP) is 3.95. The second-order valence-corrected chi connectivity index (χ2v) is 4.78. The van der Waals surface area contributed by atoms with E-state index in [-0.39, 0.29) is 6.04 Å². The molecule has 0 aliphatic carbocycles. The zero-order chi connectivity index (χ0) is 13.8. The number of methoxy groups -OCH3 is 1. The van der Waals surface area contributed by atoms with Gasteiger partial charge in [0.25, 0.3) is 0 Å². The number of benzene rings is 1. The average molecular weight is 280 g/mol. The van der Waals surface area contributed by atoms with Gasteiger partial charge in [-0.2, -0.15) is 0 Å². The summed E-state index contributed by atoms with van der Waals surface area (Å²) < 4.78 is 10.6. The Morgan fingerprint density at radius 3 is 2.63 bits per heavy atom. The van der Waals surface area contributed by atoms with E-state index in [0.29, 0.717) is 10.8 Å². The summed E-state index contributed by atoms with van der Waals surface area (Å²) in [5.41, 5.74) is 2.19. The summed E-state index contributed by atoms with van der Waals surface area (Å²) in [6, 6.07) is 7.93. The lowest BCUT2D eigenvalue weighted by Gasteiger charge is -2.17. The minimum atomic E-state index is 0.0749. The van der Waals surface area contributed by atoms with E-state index in [0.717, 1.165) is 23.4 Å². The van der Waals surface area contributed by atoms with Crippen molar-refractivity contribution in [1.82, 2.24) is 5.32 Å². The van der Waals surface area contributed by atoms with E-state index < -0.39 is 0 Å². The maximum Gasteiger partial charge on any atom is 0.137 e. The van der Waals surface area contributed by atoms with Crippen LogP contribution in [0.15, 0.2) is 34.9 Å². The van der Waals surface area contributed by atoms with Crippen LogP contribution in [0.3, 0.4) is 0 Å². The molecular formula is C15H18ClNO2. The van der Waals surface area contributed by atoms with E-state index in [9.17, 15) is 0 Å². The van der Waals surface area contributed by atoms with Crippen molar-refractivity contribution in [3.05, 3.63) is 52.4 Å². The zero-order valence-electron chi connectivity index (χ0n) is 11.4. The molecule has 1 aromatic carbocycles. The topological polar surface area (TPSA) is 34.4 Å². The predicted molar refractivity (Wildman–Crippen MR) is 77.0 cm³/mol. The number of rotatable bonds is 5. The van der Waals surface area contributed by atoms with Gasteiger partial charge in [0.05, 0.1) is 24.4 Å². The number of furan rings is 1. The molecule has 0 aliphatic heterocycles. The average Bonchev–Trinajstić information content (AvgIpc) is 2.82. The van der Waals surface area contributed by atoms with Crippen molar-refractivity contribution in [3.63, 3.8) is 0 Å². The standard InChI is InChI=1S/C15H18ClNO2/c1-4-17-15(12-7-10(2)19-9-12)11-5-6-14(18-3)13(16)8-11/h5-9,15,17H,4H2,1-3H3. The van der Waals surface area contributed by atoms with Crippen molar-refractivity contribution < 1.29 is 9.15 Å².